The van der Waals surface area contributed by atoms with Gasteiger partial charge in [-0.25, -0.2) is 0 Å². The van der Waals surface area contributed by atoms with Crippen molar-refractivity contribution in [2.75, 3.05) is 32.7 Å². The highest BCUT2D eigenvalue weighted by Gasteiger charge is 2.26. The van der Waals surface area contributed by atoms with Crippen LogP contribution in [0.1, 0.15) is 30.1 Å². The zero-order valence-corrected chi connectivity index (χ0v) is 12.5. The van der Waals surface area contributed by atoms with Crippen LogP contribution in [-0.2, 0) is 0 Å². The number of aromatic nitrogens is 1. The van der Waals surface area contributed by atoms with Crippen LogP contribution in [0.15, 0.2) is 18.5 Å². The van der Waals surface area contributed by atoms with E-state index < -0.39 is 0 Å². The van der Waals surface area contributed by atoms with Crippen LogP contribution in [0.4, 0.5) is 0 Å². The molecule has 6 heteroatoms. The van der Waals surface area contributed by atoms with E-state index >= 15 is 0 Å². The van der Waals surface area contributed by atoms with Gasteiger partial charge in [0.15, 0.2) is 0 Å². The first kappa shape index (κ1) is 15.7. The van der Waals surface area contributed by atoms with Gasteiger partial charge in [-0.2, -0.15) is 0 Å². The molecule has 0 aromatic carbocycles. The summed E-state index contributed by atoms with van der Waals surface area (Å²) in [4.78, 5) is 20.3. The Labute approximate surface area is 125 Å². The number of piperazine rings is 1. The van der Waals surface area contributed by atoms with Gasteiger partial charge in [-0.15, -0.1) is 0 Å². The summed E-state index contributed by atoms with van der Waals surface area (Å²) in [6, 6.07) is 1.96. The molecule has 0 radical (unpaired) electrons. The summed E-state index contributed by atoms with van der Waals surface area (Å²) >= 11 is 0. The van der Waals surface area contributed by atoms with E-state index in [4.69, 9.17) is 5.73 Å². The summed E-state index contributed by atoms with van der Waals surface area (Å²) in [5, 5.41) is 9.72. The molecule has 1 unspecified atom stereocenters. The molecule has 1 aromatic heterocycles. The number of hydrogen-bond donors (Lipinski definition) is 2. The molecule has 1 aromatic rings. The highest BCUT2D eigenvalue weighted by molar-refractivity contribution is 5.96. The Morgan fingerprint density at radius 3 is 2.71 bits per heavy atom. The SMILES string of the molecule is CCCC(CN)N1CCN(C(=O)c2ccncc2O)CC1. The number of carbonyl (C=O) groups excluding carboxylic acids is 1. The van der Waals surface area contributed by atoms with Gasteiger partial charge in [-0.1, -0.05) is 13.3 Å². The number of hydrogen-bond acceptors (Lipinski definition) is 5. The number of aromatic hydroxyl groups is 1. The summed E-state index contributed by atoms with van der Waals surface area (Å²) in [6.45, 7) is 5.82. The monoisotopic (exact) mass is 292 g/mol. The number of carbonyl (C=O) groups is 1. The van der Waals surface area contributed by atoms with Crippen LogP contribution in [0.2, 0.25) is 0 Å². The van der Waals surface area contributed by atoms with Crippen molar-refractivity contribution in [2.45, 2.75) is 25.8 Å². The lowest BCUT2D eigenvalue weighted by Gasteiger charge is -2.39. The van der Waals surface area contributed by atoms with Gasteiger partial charge in [0.1, 0.15) is 5.75 Å². The van der Waals surface area contributed by atoms with Crippen LogP contribution in [0.3, 0.4) is 0 Å². The predicted octanol–water partition coefficient (Wildman–Crippen LogP) is 0.672. The minimum Gasteiger partial charge on any atom is -0.505 e. The van der Waals surface area contributed by atoms with Crippen LogP contribution >= 0.6 is 0 Å². The topological polar surface area (TPSA) is 82.7 Å². The Morgan fingerprint density at radius 1 is 1.43 bits per heavy atom. The van der Waals surface area contributed by atoms with Crippen molar-refractivity contribution in [2.24, 2.45) is 5.73 Å². The third-order valence-corrected chi connectivity index (χ3v) is 4.04. The fourth-order valence-corrected chi connectivity index (χ4v) is 2.81. The Balaban J connectivity index is 1.95. The molecular formula is C15H24N4O2. The molecule has 1 aliphatic heterocycles. The maximum Gasteiger partial charge on any atom is 0.257 e. The van der Waals surface area contributed by atoms with Gasteiger partial charge < -0.3 is 15.7 Å². The second kappa shape index (κ2) is 7.38. The van der Waals surface area contributed by atoms with Crippen molar-refractivity contribution in [3.05, 3.63) is 24.0 Å². The lowest BCUT2D eigenvalue weighted by molar-refractivity contribution is 0.0563. The zero-order chi connectivity index (χ0) is 15.2. The number of pyridine rings is 1. The van der Waals surface area contributed by atoms with Gasteiger partial charge in [0.05, 0.1) is 11.8 Å². The first-order valence-electron chi connectivity index (χ1n) is 7.53. The van der Waals surface area contributed by atoms with Crippen molar-refractivity contribution in [1.29, 1.82) is 0 Å². The molecule has 1 aliphatic rings. The average molecular weight is 292 g/mol. The van der Waals surface area contributed by atoms with Crippen LogP contribution in [0, 0.1) is 0 Å². The molecule has 0 aliphatic carbocycles. The van der Waals surface area contributed by atoms with Crippen molar-refractivity contribution in [3.8, 4) is 5.75 Å². The van der Waals surface area contributed by atoms with Gasteiger partial charge in [0.25, 0.3) is 5.91 Å². The van der Waals surface area contributed by atoms with E-state index in [1.54, 1.807) is 11.0 Å². The molecule has 2 heterocycles. The van der Waals surface area contributed by atoms with Crippen LogP contribution in [0.5, 0.6) is 5.75 Å². The molecule has 1 fully saturated rings. The molecule has 0 saturated carbocycles. The standard InChI is InChI=1S/C15H24N4O2/c1-2-3-12(10-16)18-6-8-19(9-7-18)15(21)13-4-5-17-11-14(13)20/h4-5,11-12,20H,2-3,6-10,16H2,1H3. The lowest BCUT2D eigenvalue weighted by Crippen LogP contribution is -2.53. The number of nitrogens with two attached hydrogens (primary N) is 1. The van der Waals surface area contributed by atoms with Crippen molar-refractivity contribution in [3.63, 3.8) is 0 Å². The Morgan fingerprint density at radius 2 is 2.14 bits per heavy atom. The zero-order valence-electron chi connectivity index (χ0n) is 12.5. The number of amides is 1. The molecule has 1 atom stereocenters. The lowest BCUT2D eigenvalue weighted by atomic mass is 10.1. The molecule has 1 saturated heterocycles. The maximum absolute atomic E-state index is 12.4. The Bertz CT molecular complexity index is 472. The van der Waals surface area contributed by atoms with E-state index in [1.807, 2.05) is 0 Å². The quantitative estimate of drug-likeness (QED) is 0.833. The normalized spacial score (nSPS) is 17.7. The van der Waals surface area contributed by atoms with E-state index in [9.17, 15) is 9.90 Å². The average Bonchev–Trinajstić information content (AvgIpc) is 2.52. The third kappa shape index (κ3) is 3.71. The molecule has 1 amide bonds. The second-order valence-corrected chi connectivity index (χ2v) is 5.40. The van der Waals surface area contributed by atoms with Gasteiger partial charge in [-0.3, -0.25) is 14.7 Å². The highest BCUT2D eigenvalue weighted by Crippen LogP contribution is 2.18. The first-order chi connectivity index (χ1) is 10.2. The fourth-order valence-electron chi connectivity index (χ4n) is 2.81. The molecule has 0 bridgehead atoms. The molecule has 21 heavy (non-hydrogen) atoms. The highest BCUT2D eigenvalue weighted by atomic mass is 16.3. The van der Waals surface area contributed by atoms with E-state index in [0.29, 0.717) is 31.2 Å². The minimum atomic E-state index is -0.130. The van der Waals surface area contributed by atoms with Gasteiger partial charge >= 0.3 is 0 Å². The van der Waals surface area contributed by atoms with Crippen molar-refractivity contribution in [1.82, 2.24) is 14.8 Å². The summed E-state index contributed by atoms with van der Waals surface area (Å²) in [6.07, 6.45) is 5.03. The largest absolute Gasteiger partial charge is 0.505 e. The first-order valence-corrected chi connectivity index (χ1v) is 7.53. The van der Waals surface area contributed by atoms with Gasteiger partial charge in [0.2, 0.25) is 0 Å². The minimum absolute atomic E-state index is 0.0595. The maximum atomic E-state index is 12.4. The van der Waals surface area contributed by atoms with Gasteiger partial charge in [-0.05, 0) is 12.5 Å². The Kier molecular flexibility index (Phi) is 5.52. The van der Waals surface area contributed by atoms with E-state index in [-0.39, 0.29) is 11.7 Å². The molecular weight excluding hydrogens is 268 g/mol. The molecule has 3 N–H and O–H groups in total. The van der Waals surface area contributed by atoms with E-state index in [2.05, 4.69) is 16.8 Å². The molecule has 116 valence electrons. The fraction of sp³-hybridized carbons (Fsp3) is 0.600. The second-order valence-electron chi connectivity index (χ2n) is 5.40. The third-order valence-electron chi connectivity index (χ3n) is 4.04. The van der Waals surface area contributed by atoms with E-state index in [1.165, 1.54) is 12.4 Å². The summed E-state index contributed by atoms with van der Waals surface area (Å²) in [5.41, 5.74) is 6.15. The Hall–Kier alpha value is -1.66. The predicted molar refractivity (Wildman–Crippen MR) is 81.1 cm³/mol. The smallest absolute Gasteiger partial charge is 0.257 e. The summed E-state index contributed by atoms with van der Waals surface area (Å²) < 4.78 is 0. The van der Waals surface area contributed by atoms with Crippen LogP contribution < -0.4 is 5.73 Å². The van der Waals surface area contributed by atoms with Crippen LogP contribution in [-0.4, -0.2) is 64.6 Å². The number of rotatable bonds is 5. The summed E-state index contributed by atoms with van der Waals surface area (Å²) in [5.74, 6) is -0.190. The van der Waals surface area contributed by atoms with E-state index in [0.717, 1.165) is 25.9 Å². The molecule has 0 spiro atoms. The molecule has 2 rings (SSSR count). The van der Waals surface area contributed by atoms with Crippen LogP contribution in [0.25, 0.3) is 0 Å². The molecule has 6 nitrogen and oxygen atoms in total. The van der Waals surface area contributed by atoms with Crippen molar-refractivity contribution >= 4 is 5.91 Å². The number of nitrogens with zero attached hydrogens (tertiary/aromatic N) is 3. The van der Waals surface area contributed by atoms with Crippen molar-refractivity contribution < 1.29 is 9.90 Å². The van der Waals surface area contributed by atoms with Gasteiger partial charge in [0, 0.05) is 45.0 Å². The summed E-state index contributed by atoms with van der Waals surface area (Å²) in [7, 11) is 0.